The van der Waals surface area contributed by atoms with Crippen molar-refractivity contribution >= 4 is 27.8 Å². The van der Waals surface area contributed by atoms with Gasteiger partial charge in [-0.3, -0.25) is 9.10 Å². The van der Waals surface area contributed by atoms with Crippen LogP contribution in [-0.4, -0.2) is 41.3 Å². The van der Waals surface area contributed by atoms with Crippen molar-refractivity contribution in [1.82, 2.24) is 5.43 Å². The lowest BCUT2D eigenvalue weighted by Gasteiger charge is -2.25. The zero-order valence-electron chi connectivity index (χ0n) is 19.5. The first kappa shape index (κ1) is 24.8. The number of amides is 1. The van der Waals surface area contributed by atoms with Crippen molar-refractivity contribution in [3.63, 3.8) is 0 Å². The molecule has 0 spiro atoms. The Morgan fingerprint density at radius 1 is 0.971 bits per heavy atom. The van der Waals surface area contributed by atoms with Gasteiger partial charge in [0.15, 0.2) is 11.5 Å². The van der Waals surface area contributed by atoms with E-state index in [-0.39, 0.29) is 4.90 Å². The van der Waals surface area contributed by atoms with E-state index in [1.165, 1.54) is 32.6 Å². The van der Waals surface area contributed by atoms with Crippen LogP contribution in [0.1, 0.15) is 16.7 Å². The number of ether oxygens (including phenoxy) is 2. The predicted octanol–water partition coefficient (Wildman–Crippen LogP) is 3.67. The fourth-order valence-electron chi connectivity index (χ4n) is 3.33. The number of carbonyl (C=O) groups excluding carboxylic acids is 1. The van der Waals surface area contributed by atoms with Crippen molar-refractivity contribution in [2.75, 3.05) is 25.1 Å². The molecule has 0 saturated heterocycles. The highest BCUT2D eigenvalue weighted by Gasteiger charge is 2.28. The summed E-state index contributed by atoms with van der Waals surface area (Å²) in [6, 6.07) is 18.7. The number of nitrogens with one attached hydrogen (secondary N) is 1. The van der Waals surface area contributed by atoms with Gasteiger partial charge in [-0.25, -0.2) is 13.8 Å². The van der Waals surface area contributed by atoms with Crippen LogP contribution < -0.4 is 19.2 Å². The first-order chi connectivity index (χ1) is 16.3. The number of aryl methyl sites for hydroxylation is 2. The molecule has 34 heavy (non-hydrogen) atoms. The molecule has 0 aliphatic heterocycles. The highest BCUT2D eigenvalue weighted by Crippen LogP contribution is 2.29. The van der Waals surface area contributed by atoms with Crippen LogP contribution in [0, 0.1) is 13.8 Å². The minimum Gasteiger partial charge on any atom is -0.493 e. The van der Waals surface area contributed by atoms with E-state index >= 15 is 0 Å². The third-order valence-corrected chi connectivity index (χ3v) is 6.88. The summed E-state index contributed by atoms with van der Waals surface area (Å²) in [6.45, 7) is 3.21. The van der Waals surface area contributed by atoms with Crippen molar-refractivity contribution < 1.29 is 22.7 Å². The molecule has 1 N–H and O–H groups in total. The molecule has 0 fully saturated rings. The first-order valence-electron chi connectivity index (χ1n) is 10.5. The Kier molecular flexibility index (Phi) is 7.91. The second-order valence-electron chi connectivity index (χ2n) is 7.49. The number of carbonyl (C=O) groups is 1. The summed E-state index contributed by atoms with van der Waals surface area (Å²) in [6.07, 6.45) is 1.41. The number of methoxy groups -OCH3 is 2. The molecule has 178 valence electrons. The van der Waals surface area contributed by atoms with E-state index in [0.29, 0.717) is 22.7 Å². The summed E-state index contributed by atoms with van der Waals surface area (Å²) in [5, 5.41) is 3.98. The minimum atomic E-state index is -4.00. The van der Waals surface area contributed by atoms with Gasteiger partial charge < -0.3 is 9.47 Å². The standard InChI is InChI=1S/C25H27N3O5S/c1-18-12-14-21(15-13-18)34(30,31)28(22-10-6-5-8-19(22)2)17-24(29)27-26-16-20-9-7-11-23(32-3)25(20)33-4/h5-16H,17H2,1-4H3,(H,27,29)/b26-16+. The number of hydrazone groups is 1. The maximum absolute atomic E-state index is 13.5. The second-order valence-corrected chi connectivity index (χ2v) is 9.35. The lowest BCUT2D eigenvalue weighted by molar-refractivity contribution is -0.119. The number of para-hydroxylation sites is 2. The molecule has 0 aliphatic rings. The van der Waals surface area contributed by atoms with Gasteiger partial charge in [-0.2, -0.15) is 5.10 Å². The van der Waals surface area contributed by atoms with Crippen molar-refractivity contribution in [3.05, 3.63) is 83.4 Å². The zero-order valence-corrected chi connectivity index (χ0v) is 20.3. The fraction of sp³-hybridized carbons (Fsp3) is 0.200. The van der Waals surface area contributed by atoms with Gasteiger partial charge in [0, 0.05) is 5.56 Å². The van der Waals surface area contributed by atoms with Gasteiger partial charge in [0.25, 0.3) is 15.9 Å². The lowest BCUT2D eigenvalue weighted by Crippen LogP contribution is -2.40. The largest absolute Gasteiger partial charge is 0.493 e. The number of sulfonamides is 1. The molecule has 1 amide bonds. The summed E-state index contributed by atoms with van der Waals surface area (Å²) in [5.41, 5.74) is 5.05. The highest BCUT2D eigenvalue weighted by molar-refractivity contribution is 7.92. The Labute approximate surface area is 199 Å². The Morgan fingerprint density at radius 2 is 1.68 bits per heavy atom. The predicted molar refractivity (Wildman–Crippen MR) is 132 cm³/mol. The maximum atomic E-state index is 13.5. The van der Waals surface area contributed by atoms with E-state index in [1.807, 2.05) is 6.92 Å². The summed E-state index contributed by atoms with van der Waals surface area (Å²) >= 11 is 0. The third kappa shape index (κ3) is 5.55. The molecule has 3 aromatic rings. The molecular weight excluding hydrogens is 454 g/mol. The van der Waals surface area contributed by atoms with Crippen molar-refractivity contribution in [2.45, 2.75) is 18.7 Å². The van der Waals surface area contributed by atoms with Gasteiger partial charge in [-0.05, 0) is 49.7 Å². The average Bonchev–Trinajstić information content (AvgIpc) is 2.83. The molecule has 3 aromatic carbocycles. The number of hydrogen-bond acceptors (Lipinski definition) is 6. The molecular formula is C25H27N3O5S. The van der Waals surface area contributed by atoms with Crippen molar-refractivity contribution in [1.29, 1.82) is 0 Å². The minimum absolute atomic E-state index is 0.0961. The molecule has 3 rings (SSSR count). The molecule has 0 unspecified atom stereocenters. The molecule has 0 aromatic heterocycles. The second kappa shape index (κ2) is 10.8. The van der Waals surface area contributed by atoms with Crippen LogP contribution in [0.25, 0.3) is 0 Å². The molecule has 0 aliphatic carbocycles. The first-order valence-corrected chi connectivity index (χ1v) is 11.9. The Hall–Kier alpha value is -3.85. The molecule has 0 radical (unpaired) electrons. The molecule has 0 heterocycles. The summed E-state index contributed by atoms with van der Waals surface area (Å²) < 4.78 is 38.6. The van der Waals surface area contributed by atoms with Gasteiger partial charge >= 0.3 is 0 Å². The Balaban J connectivity index is 1.86. The van der Waals surface area contributed by atoms with Crippen LogP contribution in [0.4, 0.5) is 5.69 Å². The van der Waals surface area contributed by atoms with Crippen LogP contribution in [0.3, 0.4) is 0 Å². The van der Waals surface area contributed by atoms with Crippen LogP contribution in [0.2, 0.25) is 0 Å². The molecule has 8 nitrogen and oxygen atoms in total. The van der Waals surface area contributed by atoms with Gasteiger partial charge in [0.2, 0.25) is 0 Å². The quantitative estimate of drug-likeness (QED) is 0.372. The van der Waals surface area contributed by atoms with E-state index in [0.717, 1.165) is 15.4 Å². The van der Waals surface area contributed by atoms with Crippen LogP contribution >= 0.6 is 0 Å². The van der Waals surface area contributed by atoms with E-state index in [9.17, 15) is 13.2 Å². The van der Waals surface area contributed by atoms with Crippen molar-refractivity contribution in [2.24, 2.45) is 5.10 Å². The summed E-state index contributed by atoms with van der Waals surface area (Å²) in [7, 11) is -0.974. The third-order valence-electron chi connectivity index (χ3n) is 5.11. The van der Waals surface area contributed by atoms with Gasteiger partial charge in [-0.1, -0.05) is 42.0 Å². The maximum Gasteiger partial charge on any atom is 0.264 e. The van der Waals surface area contributed by atoms with Crippen LogP contribution in [0.15, 0.2) is 76.7 Å². The fourth-order valence-corrected chi connectivity index (χ4v) is 4.82. The lowest BCUT2D eigenvalue weighted by atomic mass is 10.2. The van der Waals surface area contributed by atoms with Gasteiger partial charge in [-0.15, -0.1) is 0 Å². The Morgan fingerprint density at radius 3 is 2.32 bits per heavy atom. The number of anilines is 1. The highest BCUT2D eigenvalue weighted by atomic mass is 32.2. The number of hydrogen-bond donors (Lipinski definition) is 1. The average molecular weight is 482 g/mol. The molecule has 0 atom stereocenters. The normalized spacial score (nSPS) is 11.3. The monoisotopic (exact) mass is 481 g/mol. The van der Waals surface area contributed by atoms with Gasteiger partial charge in [0.05, 0.1) is 31.0 Å². The smallest absolute Gasteiger partial charge is 0.264 e. The number of rotatable bonds is 9. The summed E-state index contributed by atoms with van der Waals surface area (Å²) in [5.74, 6) is 0.385. The summed E-state index contributed by atoms with van der Waals surface area (Å²) in [4.78, 5) is 12.8. The Bertz CT molecular complexity index is 1290. The van der Waals surface area contributed by atoms with Crippen molar-refractivity contribution in [3.8, 4) is 11.5 Å². The van der Waals surface area contributed by atoms with Crippen LogP contribution in [0.5, 0.6) is 11.5 Å². The van der Waals surface area contributed by atoms with E-state index in [1.54, 1.807) is 61.5 Å². The molecule has 0 bridgehead atoms. The number of nitrogens with zero attached hydrogens (tertiary/aromatic N) is 2. The molecule has 9 heteroatoms. The topological polar surface area (TPSA) is 97.3 Å². The van der Waals surface area contributed by atoms with Gasteiger partial charge in [0.1, 0.15) is 6.54 Å². The zero-order chi connectivity index (χ0) is 24.7. The number of benzene rings is 3. The van der Waals surface area contributed by atoms with E-state index in [4.69, 9.17) is 9.47 Å². The molecule has 0 saturated carbocycles. The van der Waals surface area contributed by atoms with E-state index in [2.05, 4.69) is 10.5 Å². The SMILES string of the molecule is COc1cccc(/C=N/NC(=O)CN(c2ccccc2C)S(=O)(=O)c2ccc(C)cc2)c1OC. The van der Waals surface area contributed by atoms with Crippen LogP contribution in [-0.2, 0) is 14.8 Å². The van der Waals surface area contributed by atoms with E-state index < -0.39 is 22.5 Å².